The summed E-state index contributed by atoms with van der Waals surface area (Å²) in [6.07, 6.45) is 0.0639. The number of halogens is 1. The predicted octanol–water partition coefficient (Wildman–Crippen LogP) is 3.58. The van der Waals surface area contributed by atoms with E-state index in [1.807, 2.05) is 0 Å². The zero-order chi connectivity index (χ0) is 19.1. The summed E-state index contributed by atoms with van der Waals surface area (Å²) < 4.78 is 5.20. The van der Waals surface area contributed by atoms with E-state index in [-0.39, 0.29) is 24.6 Å². The van der Waals surface area contributed by atoms with E-state index < -0.39 is 16.8 Å². The second kappa shape index (κ2) is 6.51. The van der Waals surface area contributed by atoms with Gasteiger partial charge in [-0.15, -0.1) is 0 Å². The van der Waals surface area contributed by atoms with Crippen LogP contribution in [0.3, 0.4) is 0 Å². The number of esters is 1. The van der Waals surface area contributed by atoms with Crippen molar-refractivity contribution in [2.24, 2.45) is 0 Å². The minimum Gasteiger partial charge on any atom is -0.456 e. The van der Waals surface area contributed by atoms with Crippen LogP contribution >= 0.6 is 11.6 Å². The van der Waals surface area contributed by atoms with Crippen molar-refractivity contribution in [2.45, 2.75) is 12.3 Å². The fraction of sp³-hybridized carbons (Fsp3) is 0.158. The van der Waals surface area contributed by atoms with Crippen LogP contribution in [0.4, 0.5) is 11.4 Å². The number of hydrogen-bond acceptors (Lipinski definition) is 5. The van der Waals surface area contributed by atoms with Crippen LogP contribution in [0.5, 0.6) is 0 Å². The molecule has 0 radical (unpaired) electrons. The number of anilines is 1. The number of hydrogen-bond donors (Lipinski definition) is 0. The Balaban J connectivity index is 1.77. The average Bonchev–Trinajstić information content (AvgIpc) is 3.04. The van der Waals surface area contributed by atoms with Crippen LogP contribution in [0.15, 0.2) is 59.8 Å². The molecule has 136 valence electrons. The Kier molecular flexibility index (Phi) is 4.16. The van der Waals surface area contributed by atoms with Crippen LogP contribution in [0.1, 0.15) is 17.9 Å². The third-order valence-electron chi connectivity index (χ3n) is 4.71. The van der Waals surface area contributed by atoms with Gasteiger partial charge in [0.15, 0.2) is 0 Å². The van der Waals surface area contributed by atoms with Gasteiger partial charge in [0.2, 0.25) is 5.91 Å². The smallest absolute Gasteiger partial charge is 0.336 e. The lowest BCUT2D eigenvalue weighted by molar-refractivity contribution is -0.384. The topological polar surface area (TPSA) is 89.7 Å². The van der Waals surface area contributed by atoms with Crippen molar-refractivity contribution in [3.63, 3.8) is 0 Å². The molecule has 2 aliphatic rings. The fourth-order valence-electron chi connectivity index (χ4n) is 3.46. The first kappa shape index (κ1) is 17.2. The number of amides is 1. The highest BCUT2D eigenvalue weighted by Crippen LogP contribution is 2.42. The number of non-ortho nitro benzene ring substituents is 1. The predicted molar refractivity (Wildman–Crippen MR) is 97.4 cm³/mol. The van der Waals surface area contributed by atoms with Crippen LogP contribution in [0.2, 0.25) is 5.02 Å². The summed E-state index contributed by atoms with van der Waals surface area (Å²) in [5.41, 5.74) is 2.14. The Morgan fingerprint density at radius 2 is 1.74 bits per heavy atom. The summed E-state index contributed by atoms with van der Waals surface area (Å²) in [5, 5.41) is 11.4. The average molecular weight is 385 g/mol. The van der Waals surface area contributed by atoms with Crippen LogP contribution in [0, 0.1) is 10.1 Å². The molecule has 4 rings (SSSR count). The van der Waals surface area contributed by atoms with Crippen molar-refractivity contribution in [1.29, 1.82) is 0 Å². The van der Waals surface area contributed by atoms with Gasteiger partial charge in [0.1, 0.15) is 6.61 Å². The molecular weight excluding hydrogens is 372 g/mol. The van der Waals surface area contributed by atoms with Gasteiger partial charge in [0, 0.05) is 35.2 Å². The SMILES string of the molecule is O=C1OCC2=C1C(c1ccc([N+](=O)[O-])cc1)CC(=O)N2c1ccc(Cl)cc1. The first-order valence-electron chi connectivity index (χ1n) is 8.19. The Bertz CT molecular complexity index is 982. The molecule has 0 aliphatic carbocycles. The molecule has 8 heteroatoms. The first-order valence-corrected chi connectivity index (χ1v) is 8.56. The lowest BCUT2D eigenvalue weighted by atomic mass is 9.84. The van der Waals surface area contributed by atoms with Gasteiger partial charge in [-0.25, -0.2) is 4.79 Å². The normalized spacial score (nSPS) is 19.1. The molecule has 0 spiro atoms. The summed E-state index contributed by atoms with van der Waals surface area (Å²) in [7, 11) is 0. The third-order valence-corrected chi connectivity index (χ3v) is 4.96. The maximum atomic E-state index is 12.9. The fourth-order valence-corrected chi connectivity index (χ4v) is 3.58. The molecule has 2 heterocycles. The standard InChI is InChI=1S/C19H13ClN2O5/c20-12-3-7-13(8-4-12)21-16-10-27-19(24)18(16)15(9-17(21)23)11-1-5-14(6-2-11)22(25)26/h1-8,15H,9-10H2. The number of ether oxygens (including phenoxy) is 1. The van der Waals surface area contributed by atoms with Crippen molar-refractivity contribution in [2.75, 3.05) is 11.5 Å². The van der Waals surface area contributed by atoms with E-state index in [2.05, 4.69) is 0 Å². The molecule has 2 aliphatic heterocycles. The minimum absolute atomic E-state index is 0.00597. The molecule has 7 nitrogen and oxygen atoms in total. The Morgan fingerprint density at radius 1 is 1.07 bits per heavy atom. The van der Waals surface area contributed by atoms with E-state index in [9.17, 15) is 19.7 Å². The number of nitro groups is 1. The molecule has 0 N–H and O–H groups in total. The molecule has 0 bridgehead atoms. The summed E-state index contributed by atoms with van der Waals surface area (Å²) >= 11 is 5.92. The number of benzene rings is 2. The molecule has 2 aromatic rings. The van der Waals surface area contributed by atoms with Gasteiger partial charge in [-0.2, -0.15) is 0 Å². The van der Waals surface area contributed by atoms with Crippen LogP contribution < -0.4 is 4.90 Å². The van der Waals surface area contributed by atoms with Gasteiger partial charge in [0.05, 0.1) is 16.2 Å². The van der Waals surface area contributed by atoms with E-state index in [1.54, 1.807) is 36.4 Å². The van der Waals surface area contributed by atoms with Crippen molar-refractivity contribution in [1.82, 2.24) is 0 Å². The molecule has 0 fully saturated rings. The summed E-state index contributed by atoms with van der Waals surface area (Å²) in [6, 6.07) is 12.6. The van der Waals surface area contributed by atoms with Crippen molar-refractivity contribution < 1.29 is 19.2 Å². The van der Waals surface area contributed by atoms with Gasteiger partial charge in [-0.3, -0.25) is 19.8 Å². The number of carbonyl (C=O) groups is 2. The highest BCUT2D eigenvalue weighted by Gasteiger charge is 2.43. The second-order valence-electron chi connectivity index (χ2n) is 6.25. The van der Waals surface area contributed by atoms with E-state index in [0.29, 0.717) is 27.5 Å². The Morgan fingerprint density at radius 3 is 2.37 bits per heavy atom. The minimum atomic E-state index is -0.494. The van der Waals surface area contributed by atoms with Crippen LogP contribution in [0.25, 0.3) is 0 Å². The maximum absolute atomic E-state index is 12.9. The Labute approximate surface area is 158 Å². The zero-order valence-electron chi connectivity index (χ0n) is 13.9. The quantitative estimate of drug-likeness (QED) is 0.458. The van der Waals surface area contributed by atoms with Gasteiger partial charge in [0.25, 0.3) is 5.69 Å². The van der Waals surface area contributed by atoms with E-state index >= 15 is 0 Å². The maximum Gasteiger partial charge on any atom is 0.336 e. The molecule has 1 atom stereocenters. The van der Waals surface area contributed by atoms with Gasteiger partial charge >= 0.3 is 5.97 Å². The van der Waals surface area contributed by atoms with Crippen LogP contribution in [-0.2, 0) is 14.3 Å². The summed E-state index contributed by atoms with van der Waals surface area (Å²) in [5.74, 6) is -1.15. The highest BCUT2D eigenvalue weighted by atomic mass is 35.5. The number of cyclic esters (lactones) is 1. The van der Waals surface area contributed by atoms with Gasteiger partial charge < -0.3 is 4.74 Å². The first-order chi connectivity index (χ1) is 13.0. The number of nitro benzene ring substituents is 1. The lowest BCUT2D eigenvalue weighted by Crippen LogP contribution is -2.37. The third kappa shape index (κ3) is 2.96. The van der Waals surface area contributed by atoms with E-state index in [0.717, 1.165) is 0 Å². The summed E-state index contributed by atoms with van der Waals surface area (Å²) in [4.78, 5) is 37.1. The molecule has 0 saturated carbocycles. The van der Waals surface area contributed by atoms with E-state index in [1.165, 1.54) is 17.0 Å². The lowest BCUT2D eigenvalue weighted by Gasteiger charge is -2.31. The number of carbonyl (C=O) groups excluding carboxylic acids is 2. The molecule has 1 amide bonds. The van der Waals surface area contributed by atoms with Crippen molar-refractivity contribution >= 4 is 34.9 Å². The monoisotopic (exact) mass is 384 g/mol. The molecular formula is C19H13ClN2O5. The Hall–Kier alpha value is -3.19. The van der Waals surface area contributed by atoms with Crippen molar-refractivity contribution in [3.05, 3.63) is 80.5 Å². The number of nitrogens with zero attached hydrogens (tertiary/aromatic N) is 2. The van der Waals surface area contributed by atoms with Crippen LogP contribution in [-0.4, -0.2) is 23.4 Å². The second-order valence-corrected chi connectivity index (χ2v) is 6.68. The van der Waals surface area contributed by atoms with Crippen molar-refractivity contribution in [3.8, 4) is 0 Å². The largest absolute Gasteiger partial charge is 0.456 e. The molecule has 0 saturated heterocycles. The van der Waals surface area contributed by atoms with Gasteiger partial charge in [-0.1, -0.05) is 23.7 Å². The zero-order valence-corrected chi connectivity index (χ0v) is 14.7. The number of rotatable bonds is 3. The van der Waals surface area contributed by atoms with E-state index in [4.69, 9.17) is 16.3 Å². The van der Waals surface area contributed by atoms with Gasteiger partial charge in [-0.05, 0) is 29.8 Å². The molecule has 1 unspecified atom stereocenters. The molecule has 0 aromatic heterocycles. The highest BCUT2D eigenvalue weighted by molar-refractivity contribution is 6.30. The molecule has 2 aromatic carbocycles. The summed E-state index contributed by atoms with van der Waals surface area (Å²) in [6.45, 7) is 0.00597. The molecule has 27 heavy (non-hydrogen) atoms.